The lowest BCUT2D eigenvalue weighted by molar-refractivity contribution is -0.140. The number of carbonyl (C=O) groups is 1. The smallest absolute Gasteiger partial charge is 0.303 e. The first-order chi connectivity index (χ1) is 17.5. The number of piperidine rings is 1. The van der Waals surface area contributed by atoms with Crippen LogP contribution in [-0.4, -0.2) is 58.4 Å². The van der Waals surface area contributed by atoms with E-state index in [4.69, 9.17) is 4.74 Å². The van der Waals surface area contributed by atoms with Crippen LogP contribution in [0.3, 0.4) is 0 Å². The predicted octanol–water partition coefficient (Wildman–Crippen LogP) is 5.78. The molecule has 0 unspecified atom stereocenters. The summed E-state index contributed by atoms with van der Waals surface area (Å²) in [5, 5.41) is 11.6. The number of aromatic nitrogens is 2. The lowest BCUT2D eigenvalue weighted by Gasteiger charge is -2.41. The van der Waals surface area contributed by atoms with Gasteiger partial charge in [-0.15, -0.1) is 11.8 Å². The van der Waals surface area contributed by atoms with Gasteiger partial charge < -0.3 is 14.7 Å². The summed E-state index contributed by atoms with van der Waals surface area (Å²) in [6.45, 7) is 2.21. The van der Waals surface area contributed by atoms with Crippen molar-refractivity contribution < 1.29 is 19.0 Å². The molecule has 1 N–H and O–H groups in total. The zero-order valence-corrected chi connectivity index (χ0v) is 21.6. The molecule has 0 spiro atoms. The van der Waals surface area contributed by atoms with E-state index < -0.39 is 12.6 Å². The van der Waals surface area contributed by atoms with Crippen molar-refractivity contribution in [1.82, 2.24) is 14.9 Å². The number of hydrogen-bond acceptors (Lipinski definition) is 6. The number of fused-ring (bicyclic) bond motifs is 1. The van der Waals surface area contributed by atoms with Crippen LogP contribution >= 0.6 is 11.8 Å². The number of methoxy groups -OCH3 is 1. The van der Waals surface area contributed by atoms with Crippen molar-refractivity contribution in [3.63, 3.8) is 0 Å². The Labute approximate surface area is 216 Å². The molecule has 0 radical (unpaired) electrons. The molecule has 1 aliphatic heterocycles. The van der Waals surface area contributed by atoms with Gasteiger partial charge in [0.15, 0.2) is 0 Å². The van der Waals surface area contributed by atoms with Crippen molar-refractivity contribution in [3.05, 3.63) is 59.9 Å². The normalized spacial score (nSPS) is 15.7. The Morgan fingerprint density at radius 2 is 2.06 bits per heavy atom. The van der Waals surface area contributed by atoms with Crippen LogP contribution < -0.4 is 4.74 Å². The number of likely N-dealkylation sites (tertiary alicyclic amines) is 1. The standard InChI is InChI=1S/C28H34FN3O3S/c1-35-22-7-8-25-24(17-22)23(21(19-29)20-31-25)5-4-9-28(18-27(33)34)10-13-32(14-11-28)15-16-36-26-6-2-3-12-30-26/h2-3,6-8,12,17,20H,4-5,9-11,13-16,18-19H2,1H3,(H,33,34). The summed E-state index contributed by atoms with van der Waals surface area (Å²) in [5.41, 5.74) is 2.16. The first kappa shape index (κ1) is 26.4. The Morgan fingerprint density at radius 3 is 2.75 bits per heavy atom. The van der Waals surface area contributed by atoms with Gasteiger partial charge in [0.05, 0.1) is 24.1 Å². The van der Waals surface area contributed by atoms with E-state index in [1.54, 1.807) is 25.1 Å². The Hall–Kier alpha value is -2.71. The summed E-state index contributed by atoms with van der Waals surface area (Å²) >= 11 is 1.75. The molecule has 4 rings (SSSR count). The van der Waals surface area contributed by atoms with Crippen molar-refractivity contribution in [3.8, 4) is 5.75 Å². The number of thioether (sulfide) groups is 1. The highest BCUT2D eigenvalue weighted by Crippen LogP contribution is 2.40. The minimum Gasteiger partial charge on any atom is -0.497 e. The van der Waals surface area contributed by atoms with E-state index in [1.807, 2.05) is 42.6 Å². The second-order valence-electron chi connectivity index (χ2n) is 9.56. The number of pyridine rings is 2. The summed E-state index contributed by atoms with van der Waals surface area (Å²) in [6, 6.07) is 11.6. The second kappa shape index (κ2) is 12.5. The molecule has 3 aromatic rings. The monoisotopic (exact) mass is 511 g/mol. The minimum atomic E-state index is -0.738. The van der Waals surface area contributed by atoms with Crippen LogP contribution in [0.5, 0.6) is 5.75 Å². The van der Waals surface area contributed by atoms with E-state index in [0.29, 0.717) is 12.0 Å². The van der Waals surface area contributed by atoms with Crippen LogP contribution in [0.2, 0.25) is 0 Å². The molecule has 1 aromatic carbocycles. The van der Waals surface area contributed by atoms with Crippen LogP contribution in [0.15, 0.2) is 53.8 Å². The molecule has 0 atom stereocenters. The average molecular weight is 512 g/mol. The van der Waals surface area contributed by atoms with Crippen molar-refractivity contribution in [1.29, 1.82) is 0 Å². The summed E-state index contributed by atoms with van der Waals surface area (Å²) < 4.78 is 19.2. The van der Waals surface area contributed by atoms with E-state index in [1.165, 1.54) is 0 Å². The predicted molar refractivity (Wildman–Crippen MR) is 141 cm³/mol. The molecular weight excluding hydrogens is 477 g/mol. The summed E-state index contributed by atoms with van der Waals surface area (Å²) in [7, 11) is 1.62. The maximum atomic E-state index is 13.8. The number of carboxylic acids is 1. The maximum absolute atomic E-state index is 13.8. The third kappa shape index (κ3) is 6.73. The molecule has 3 heterocycles. The first-order valence-corrected chi connectivity index (χ1v) is 13.5. The topological polar surface area (TPSA) is 75.6 Å². The molecule has 192 valence electrons. The molecule has 0 amide bonds. The molecule has 1 fully saturated rings. The van der Waals surface area contributed by atoms with E-state index in [2.05, 4.69) is 14.9 Å². The SMILES string of the molecule is COc1ccc2ncc(CF)c(CCCC3(CC(=O)O)CCN(CCSc4ccccn4)CC3)c2c1. The third-order valence-electron chi connectivity index (χ3n) is 7.29. The number of rotatable bonds is 12. The van der Waals surface area contributed by atoms with Gasteiger partial charge in [-0.2, -0.15) is 0 Å². The third-order valence-corrected chi connectivity index (χ3v) is 8.22. The van der Waals surface area contributed by atoms with Crippen LogP contribution in [-0.2, 0) is 17.9 Å². The van der Waals surface area contributed by atoms with Gasteiger partial charge >= 0.3 is 5.97 Å². The Kier molecular flexibility index (Phi) is 9.15. The number of halogens is 1. The van der Waals surface area contributed by atoms with Crippen molar-refractivity contribution >= 4 is 28.6 Å². The number of carboxylic acid groups (broad SMARTS) is 1. The molecule has 36 heavy (non-hydrogen) atoms. The second-order valence-corrected chi connectivity index (χ2v) is 10.7. The number of alkyl halides is 1. The number of hydrogen-bond donors (Lipinski definition) is 1. The van der Waals surface area contributed by atoms with E-state index in [-0.39, 0.29) is 11.8 Å². The number of aliphatic carboxylic acids is 1. The van der Waals surface area contributed by atoms with Crippen molar-refractivity contribution in [2.24, 2.45) is 5.41 Å². The van der Waals surface area contributed by atoms with Gasteiger partial charge in [0.25, 0.3) is 0 Å². The van der Waals surface area contributed by atoms with Gasteiger partial charge in [0.1, 0.15) is 12.4 Å². The number of nitrogens with zero attached hydrogens (tertiary/aromatic N) is 3. The fourth-order valence-electron chi connectivity index (χ4n) is 5.24. The molecule has 2 aromatic heterocycles. The van der Waals surface area contributed by atoms with Crippen LogP contribution in [0.1, 0.15) is 43.2 Å². The summed E-state index contributed by atoms with van der Waals surface area (Å²) in [4.78, 5) is 23.0. The van der Waals surface area contributed by atoms with Crippen LogP contribution in [0.25, 0.3) is 10.9 Å². The van der Waals surface area contributed by atoms with Gasteiger partial charge in [-0.05, 0) is 86.5 Å². The highest BCUT2D eigenvalue weighted by molar-refractivity contribution is 7.99. The maximum Gasteiger partial charge on any atom is 0.303 e. The number of aryl methyl sites for hydroxylation is 1. The number of ether oxygens (including phenoxy) is 1. The molecule has 0 saturated carbocycles. The van der Waals surface area contributed by atoms with Gasteiger partial charge in [0, 0.05) is 35.6 Å². The molecule has 0 bridgehead atoms. The lowest BCUT2D eigenvalue weighted by Crippen LogP contribution is -2.42. The highest BCUT2D eigenvalue weighted by Gasteiger charge is 2.36. The molecular formula is C28H34FN3O3S. The highest BCUT2D eigenvalue weighted by atomic mass is 32.2. The van der Waals surface area contributed by atoms with Gasteiger partial charge in [-0.1, -0.05) is 6.07 Å². The fraction of sp³-hybridized carbons (Fsp3) is 0.464. The Bertz CT molecular complexity index is 1150. The quantitative estimate of drug-likeness (QED) is 0.309. The molecule has 1 saturated heterocycles. The zero-order chi connectivity index (χ0) is 25.4. The lowest BCUT2D eigenvalue weighted by atomic mass is 9.72. The molecule has 8 heteroatoms. The van der Waals surface area contributed by atoms with E-state index >= 15 is 0 Å². The van der Waals surface area contributed by atoms with Crippen molar-refractivity contribution in [2.75, 3.05) is 32.5 Å². The molecule has 6 nitrogen and oxygen atoms in total. The molecule has 1 aliphatic rings. The van der Waals surface area contributed by atoms with Crippen LogP contribution in [0, 0.1) is 5.41 Å². The Balaban J connectivity index is 1.37. The summed E-state index contributed by atoms with van der Waals surface area (Å²) in [6.07, 6.45) is 7.68. The zero-order valence-electron chi connectivity index (χ0n) is 20.8. The average Bonchev–Trinajstić information content (AvgIpc) is 2.90. The fourth-order valence-corrected chi connectivity index (χ4v) is 6.11. The minimum absolute atomic E-state index is 0.185. The van der Waals surface area contributed by atoms with Crippen LogP contribution in [0.4, 0.5) is 4.39 Å². The molecule has 0 aliphatic carbocycles. The van der Waals surface area contributed by atoms with E-state index in [0.717, 1.165) is 78.3 Å². The van der Waals surface area contributed by atoms with E-state index in [9.17, 15) is 14.3 Å². The van der Waals surface area contributed by atoms with Gasteiger partial charge in [-0.25, -0.2) is 9.37 Å². The van der Waals surface area contributed by atoms with Crippen molar-refractivity contribution in [2.45, 2.75) is 50.2 Å². The first-order valence-electron chi connectivity index (χ1n) is 12.5. The summed E-state index contributed by atoms with van der Waals surface area (Å²) in [5.74, 6) is 0.947. The largest absolute Gasteiger partial charge is 0.497 e. The number of benzene rings is 1. The van der Waals surface area contributed by atoms with Gasteiger partial charge in [-0.3, -0.25) is 9.78 Å². The Morgan fingerprint density at radius 1 is 1.22 bits per heavy atom. The van der Waals surface area contributed by atoms with Gasteiger partial charge in [0.2, 0.25) is 0 Å².